The summed E-state index contributed by atoms with van der Waals surface area (Å²) in [5, 5.41) is 0. The lowest BCUT2D eigenvalue weighted by Gasteiger charge is -2.26. The fourth-order valence-electron chi connectivity index (χ4n) is 2.41. The average Bonchev–Trinajstić information content (AvgIpc) is 2.84. The molecule has 17 heavy (non-hydrogen) atoms. The number of halogens is 2. The second kappa shape index (κ2) is 5.56. The first-order valence-electron chi connectivity index (χ1n) is 6.04. The predicted octanol–water partition coefficient (Wildman–Crippen LogP) is 2.72. The Labute approximate surface area is 100 Å². The van der Waals surface area contributed by atoms with Gasteiger partial charge in [0.05, 0.1) is 0 Å². The zero-order valence-corrected chi connectivity index (χ0v) is 9.78. The molecule has 0 bridgehead atoms. The summed E-state index contributed by atoms with van der Waals surface area (Å²) >= 11 is 0. The van der Waals surface area contributed by atoms with Crippen molar-refractivity contribution in [3.05, 3.63) is 35.4 Å². The van der Waals surface area contributed by atoms with Crippen LogP contribution in [0.2, 0.25) is 0 Å². The highest BCUT2D eigenvalue weighted by Gasteiger charge is 2.22. The molecule has 1 heterocycles. The molecule has 0 amide bonds. The number of rotatable bonds is 4. The minimum Gasteiger partial charge on any atom is -0.329 e. The molecule has 1 aromatic carbocycles. The molecule has 1 fully saturated rings. The Bertz CT molecular complexity index is 345. The number of benzene rings is 1. The summed E-state index contributed by atoms with van der Waals surface area (Å²) in [4.78, 5) is 2.33. The molecule has 0 spiro atoms. The van der Waals surface area contributed by atoms with Gasteiger partial charge < -0.3 is 5.73 Å². The van der Waals surface area contributed by atoms with Gasteiger partial charge in [0.15, 0.2) is 0 Å². The van der Waals surface area contributed by atoms with Crippen LogP contribution in [0.5, 0.6) is 0 Å². The number of hydrogen-bond acceptors (Lipinski definition) is 2. The monoisotopic (exact) mass is 240 g/mol. The van der Waals surface area contributed by atoms with Gasteiger partial charge in [0.25, 0.3) is 6.43 Å². The van der Waals surface area contributed by atoms with Crippen molar-refractivity contribution < 1.29 is 8.78 Å². The van der Waals surface area contributed by atoms with Crippen LogP contribution in [-0.4, -0.2) is 24.5 Å². The van der Waals surface area contributed by atoms with Gasteiger partial charge in [-0.3, -0.25) is 4.90 Å². The van der Waals surface area contributed by atoms with Gasteiger partial charge in [-0.25, -0.2) is 8.78 Å². The zero-order valence-electron chi connectivity index (χ0n) is 9.78. The van der Waals surface area contributed by atoms with Crippen LogP contribution in [0, 0.1) is 0 Å². The molecule has 4 heteroatoms. The van der Waals surface area contributed by atoms with E-state index < -0.39 is 6.43 Å². The fraction of sp³-hybridized carbons (Fsp3) is 0.538. The number of likely N-dealkylation sites (tertiary alicyclic amines) is 1. The van der Waals surface area contributed by atoms with Crippen LogP contribution in [0.3, 0.4) is 0 Å². The van der Waals surface area contributed by atoms with Crippen LogP contribution >= 0.6 is 0 Å². The van der Waals surface area contributed by atoms with E-state index in [9.17, 15) is 8.78 Å². The van der Waals surface area contributed by atoms with Crippen molar-refractivity contribution in [2.45, 2.75) is 25.3 Å². The van der Waals surface area contributed by atoms with E-state index in [0.29, 0.717) is 6.54 Å². The summed E-state index contributed by atoms with van der Waals surface area (Å²) in [5.41, 5.74) is 6.91. The first-order chi connectivity index (χ1) is 8.22. The van der Waals surface area contributed by atoms with E-state index in [1.54, 1.807) is 12.1 Å². The molecule has 0 radical (unpaired) electrons. The molecule has 0 aliphatic carbocycles. The summed E-state index contributed by atoms with van der Waals surface area (Å²) in [6.07, 6.45) is 0.00389. The molecule has 1 saturated heterocycles. The Balaban J connectivity index is 2.13. The fourth-order valence-corrected chi connectivity index (χ4v) is 2.41. The molecule has 0 aromatic heterocycles. The van der Waals surface area contributed by atoms with Crippen LogP contribution in [0.25, 0.3) is 0 Å². The third-order valence-electron chi connectivity index (χ3n) is 3.38. The van der Waals surface area contributed by atoms with Gasteiger partial charge in [-0.15, -0.1) is 0 Å². The van der Waals surface area contributed by atoms with E-state index >= 15 is 0 Å². The maximum Gasteiger partial charge on any atom is 0.263 e. The van der Waals surface area contributed by atoms with Crippen molar-refractivity contribution in [2.24, 2.45) is 5.73 Å². The van der Waals surface area contributed by atoms with E-state index in [2.05, 4.69) is 4.90 Å². The minimum absolute atomic E-state index is 0.0749. The molecule has 2 rings (SSSR count). The van der Waals surface area contributed by atoms with Crippen molar-refractivity contribution in [1.29, 1.82) is 0 Å². The van der Waals surface area contributed by atoms with Gasteiger partial charge in [0.2, 0.25) is 0 Å². The van der Waals surface area contributed by atoms with E-state index in [0.717, 1.165) is 18.7 Å². The van der Waals surface area contributed by atoms with E-state index in [1.807, 2.05) is 0 Å². The molecule has 1 atom stereocenters. The van der Waals surface area contributed by atoms with Crippen molar-refractivity contribution in [2.75, 3.05) is 19.6 Å². The average molecular weight is 240 g/mol. The van der Waals surface area contributed by atoms with Gasteiger partial charge in [0, 0.05) is 18.2 Å². The summed E-state index contributed by atoms with van der Waals surface area (Å²) in [7, 11) is 0. The van der Waals surface area contributed by atoms with E-state index in [4.69, 9.17) is 5.73 Å². The molecule has 2 N–H and O–H groups in total. The van der Waals surface area contributed by atoms with Crippen LogP contribution in [-0.2, 0) is 0 Å². The second-order valence-corrected chi connectivity index (χ2v) is 4.46. The highest BCUT2D eigenvalue weighted by Crippen LogP contribution is 2.26. The maximum absolute atomic E-state index is 12.4. The highest BCUT2D eigenvalue weighted by molar-refractivity contribution is 5.26. The second-order valence-electron chi connectivity index (χ2n) is 4.46. The van der Waals surface area contributed by atoms with Crippen molar-refractivity contribution in [3.63, 3.8) is 0 Å². The first kappa shape index (κ1) is 12.5. The molecule has 1 aromatic rings. The van der Waals surface area contributed by atoms with Crippen LogP contribution < -0.4 is 5.73 Å². The van der Waals surface area contributed by atoms with E-state index in [1.165, 1.54) is 25.0 Å². The van der Waals surface area contributed by atoms with Crippen LogP contribution in [0.15, 0.2) is 24.3 Å². The molecule has 1 unspecified atom stereocenters. The molecule has 1 aliphatic heterocycles. The summed E-state index contributed by atoms with van der Waals surface area (Å²) in [5.74, 6) is 0. The molecule has 1 aliphatic rings. The van der Waals surface area contributed by atoms with E-state index in [-0.39, 0.29) is 11.6 Å². The van der Waals surface area contributed by atoms with Crippen molar-refractivity contribution in [1.82, 2.24) is 4.90 Å². The zero-order chi connectivity index (χ0) is 12.3. The smallest absolute Gasteiger partial charge is 0.263 e. The van der Waals surface area contributed by atoms with Gasteiger partial charge in [-0.1, -0.05) is 24.3 Å². The van der Waals surface area contributed by atoms with Gasteiger partial charge in [-0.05, 0) is 31.5 Å². The third-order valence-corrected chi connectivity index (χ3v) is 3.38. The quantitative estimate of drug-likeness (QED) is 0.876. The topological polar surface area (TPSA) is 29.3 Å². The Morgan fingerprint density at radius 3 is 2.06 bits per heavy atom. The normalized spacial score (nSPS) is 18.8. The Morgan fingerprint density at radius 1 is 1.06 bits per heavy atom. The largest absolute Gasteiger partial charge is 0.329 e. The highest BCUT2D eigenvalue weighted by atomic mass is 19.3. The Hall–Kier alpha value is -1.00. The van der Waals surface area contributed by atoms with Gasteiger partial charge in [0.1, 0.15) is 0 Å². The molecule has 2 nitrogen and oxygen atoms in total. The van der Waals surface area contributed by atoms with Crippen LogP contribution in [0.1, 0.15) is 36.4 Å². The lowest BCUT2D eigenvalue weighted by molar-refractivity contribution is 0.151. The summed E-state index contributed by atoms with van der Waals surface area (Å²) < 4.78 is 24.9. The number of nitrogens with zero attached hydrogens (tertiary/aromatic N) is 1. The Morgan fingerprint density at radius 2 is 1.59 bits per heavy atom. The standard InChI is InChI=1S/C13H18F2N2/c14-13(15)11-5-3-10(4-6-11)12(9-16)17-7-1-2-8-17/h3-6,12-13H,1-2,7-9,16H2. The van der Waals surface area contributed by atoms with Crippen LogP contribution in [0.4, 0.5) is 8.78 Å². The minimum atomic E-state index is -2.40. The third kappa shape index (κ3) is 2.82. The molecule has 94 valence electrons. The summed E-state index contributed by atoms with van der Waals surface area (Å²) in [6.45, 7) is 2.64. The molecular weight excluding hydrogens is 222 g/mol. The lowest BCUT2D eigenvalue weighted by atomic mass is 10.0. The van der Waals surface area contributed by atoms with Gasteiger partial charge >= 0.3 is 0 Å². The SMILES string of the molecule is NCC(c1ccc(C(F)F)cc1)N1CCCC1. The Kier molecular flexibility index (Phi) is 4.07. The van der Waals surface area contributed by atoms with Crippen molar-refractivity contribution in [3.8, 4) is 0 Å². The molecule has 0 saturated carbocycles. The molecular formula is C13H18F2N2. The number of hydrogen-bond donors (Lipinski definition) is 1. The van der Waals surface area contributed by atoms with Gasteiger partial charge in [-0.2, -0.15) is 0 Å². The maximum atomic E-state index is 12.4. The predicted molar refractivity (Wildman–Crippen MR) is 64.0 cm³/mol. The number of nitrogens with two attached hydrogens (primary N) is 1. The lowest BCUT2D eigenvalue weighted by Crippen LogP contribution is -2.31. The number of alkyl halides is 2. The summed E-state index contributed by atoms with van der Waals surface area (Å²) in [6, 6.07) is 6.72. The first-order valence-corrected chi connectivity index (χ1v) is 6.04. The van der Waals surface area contributed by atoms with Crippen molar-refractivity contribution >= 4 is 0 Å².